The Hall–Kier alpha value is -3.75. The number of hydrogen-bond acceptors (Lipinski definition) is 4. The standard InChI is InChI=1S/C23H20F3N5O/c1-4-31-20(9-10-28-31)22(32)30(3)19-8-5-15(11-14(19)2)21-27-13-16-12-17(23(24,25)26)6-7-18(16)29-21/h5-13H,4H2,1-3H3. The number of amides is 1. The molecular formula is C23H20F3N5O. The van der Waals surface area contributed by atoms with E-state index >= 15 is 0 Å². The molecule has 0 aliphatic rings. The molecule has 2 aromatic carbocycles. The molecule has 2 aromatic heterocycles. The van der Waals surface area contributed by atoms with Gasteiger partial charge in [-0.15, -0.1) is 0 Å². The van der Waals surface area contributed by atoms with Crippen molar-refractivity contribution in [1.82, 2.24) is 19.7 Å². The number of halogens is 3. The fraction of sp³-hybridized carbons (Fsp3) is 0.217. The second-order valence-electron chi connectivity index (χ2n) is 7.36. The topological polar surface area (TPSA) is 63.9 Å². The van der Waals surface area contributed by atoms with Crippen LogP contribution in [0.2, 0.25) is 0 Å². The van der Waals surface area contributed by atoms with Crippen molar-refractivity contribution in [2.75, 3.05) is 11.9 Å². The van der Waals surface area contributed by atoms with Crippen LogP contribution in [0, 0.1) is 6.92 Å². The number of anilines is 1. The van der Waals surface area contributed by atoms with Crippen LogP contribution in [0.1, 0.15) is 28.5 Å². The molecule has 2 heterocycles. The van der Waals surface area contributed by atoms with Crippen molar-refractivity contribution in [3.8, 4) is 11.4 Å². The Balaban J connectivity index is 1.64. The zero-order chi connectivity index (χ0) is 23.0. The molecule has 0 atom stereocenters. The Bertz CT molecular complexity index is 1310. The molecule has 0 spiro atoms. The third-order valence-electron chi connectivity index (χ3n) is 5.26. The predicted molar refractivity (Wildman–Crippen MR) is 115 cm³/mol. The largest absolute Gasteiger partial charge is 0.416 e. The fourth-order valence-electron chi connectivity index (χ4n) is 3.57. The number of fused-ring (bicyclic) bond motifs is 1. The average molecular weight is 439 g/mol. The summed E-state index contributed by atoms with van der Waals surface area (Å²) in [6.45, 7) is 4.37. The lowest BCUT2D eigenvalue weighted by Gasteiger charge is -2.20. The van der Waals surface area contributed by atoms with Crippen LogP contribution in [0.5, 0.6) is 0 Å². The molecule has 1 amide bonds. The molecule has 6 nitrogen and oxygen atoms in total. The van der Waals surface area contributed by atoms with E-state index in [1.807, 2.05) is 19.9 Å². The van der Waals surface area contributed by atoms with Crippen molar-refractivity contribution in [1.29, 1.82) is 0 Å². The summed E-state index contributed by atoms with van der Waals surface area (Å²) in [5.74, 6) is 0.215. The third kappa shape index (κ3) is 3.93. The zero-order valence-electron chi connectivity index (χ0n) is 17.7. The molecule has 0 bridgehead atoms. The smallest absolute Gasteiger partial charge is 0.310 e. The predicted octanol–water partition coefficient (Wildman–Crippen LogP) is 5.12. The Labute approximate surface area is 182 Å². The molecule has 0 radical (unpaired) electrons. The summed E-state index contributed by atoms with van der Waals surface area (Å²) in [7, 11) is 1.70. The number of rotatable bonds is 4. The van der Waals surface area contributed by atoms with Crippen molar-refractivity contribution >= 4 is 22.5 Å². The first-order valence-electron chi connectivity index (χ1n) is 9.94. The number of aryl methyl sites for hydroxylation is 2. The Morgan fingerprint density at radius 1 is 1.12 bits per heavy atom. The van der Waals surface area contributed by atoms with E-state index < -0.39 is 11.7 Å². The fourth-order valence-corrected chi connectivity index (χ4v) is 3.57. The molecule has 4 rings (SSSR count). The zero-order valence-corrected chi connectivity index (χ0v) is 17.7. The average Bonchev–Trinajstić information content (AvgIpc) is 3.25. The molecule has 164 valence electrons. The van der Waals surface area contributed by atoms with E-state index in [4.69, 9.17) is 0 Å². The van der Waals surface area contributed by atoms with Crippen molar-refractivity contribution in [2.45, 2.75) is 26.6 Å². The van der Waals surface area contributed by atoms with Crippen molar-refractivity contribution in [3.63, 3.8) is 0 Å². The van der Waals surface area contributed by atoms with E-state index in [1.165, 1.54) is 12.3 Å². The highest BCUT2D eigenvalue weighted by atomic mass is 19.4. The summed E-state index contributed by atoms with van der Waals surface area (Å²) in [6.07, 6.45) is -1.44. The van der Waals surface area contributed by atoms with E-state index in [2.05, 4.69) is 15.1 Å². The maximum Gasteiger partial charge on any atom is 0.416 e. The number of aromatic nitrogens is 4. The summed E-state index contributed by atoms with van der Waals surface area (Å²) in [4.78, 5) is 23.1. The normalized spacial score (nSPS) is 11.7. The first-order valence-corrected chi connectivity index (χ1v) is 9.94. The first-order chi connectivity index (χ1) is 15.2. The van der Waals surface area contributed by atoms with Gasteiger partial charge in [-0.1, -0.05) is 0 Å². The van der Waals surface area contributed by atoms with Gasteiger partial charge in [0.1, 0.15) is 5.69 Å². The molecule has 0 fully saturated rings. The van der Waals surface area contributed by atoms with Crippen LogP contribution in [-0.4, -0.2) is 32.7 Å². The second-order valence-corrected chi connectivity index (χ2v) is 7.36. The van der Waals surface area contributed by atoms with Gasteiger partial charge in [-0.25, -0.2) is 9.97 Å². The van der Waals surface area contributed by atoms with Crippen LogP contribution in [0.15, 0.2) is 54.9 Å². The van der Waals surface area contributed by atoms with Crippen LogP contribution >= 0.6 is 0 Å². The molecule has 0 aliphatic heterocycles. The summed E-state index contributed by atoms with van der Waals surface area (Å²) >= 11 is 0. The van der Waals surface area contributed by atoms with Crippen molar-refractivity contribution < 1.29 is 18.0 Å². The number of carbonyl (C=O) groups excluding carboxylic acids is 1. The van der Waals surface area contributed by atoms with Gasteiger partial charge in [0.2, 0.25) is 0 Å². The highest BCUT2D eigenvalue weighted by molar-refractivity contribution is 6.05. The SMILES string of the molecule is CCn1nccc1C(=O)N(C)c1ccc(-c2ncc3cc(C(F)(F)F)ccc3n2)cc1C. The number of carbonyl (C=O) groups is 1. The summed E-state index contributed by atoms with van der Waals surface area (Å²) in [5, 5.41) is 4.46. The van der Waals surface area contributed by atoms with Crippen LogP contribution in [0.3, 0.4) is 0 Å². The Morgan fingerprint density at radius 2 is 1.91 bits per heavy atom. The minimum atomic E-state index is -4.42. The highest BCUT2D eigenvalue weighted by Gasteiger charge is 2.30. The maximum absolute atomic E-state index is 12.9. The lowest BCUT2D eigenvalue weighted by molar-refractivity contribution is -0.137. The Morgan fingerprint density at radius 3 is 2.59 bits per heavy atom. The van der Waals surface area contributed by atoms with Gasteiger partial charge < -0.3 is 4.90 Å². The maximum atomic E-state index is 12.9. The van der Waals surface area contributed by atoms with Crippen LogP contribution in [0.25, 0.3) is 22.3 Å². The van der Waals surface area contributed by atoms with Crippen molar-refractivity contribution in [3.05, 3.63) is 71.7 Å². The summed E-state index contributed by atoms with van der Waals surface area (Å²) in [5.41, 5.74) is 2.43. The highest BCUT2D eigenvalue weighted by Crippen LogP contribution is 2.32. The molecule has 4 aromatic rings. The van der Waals surface area contributed by atoms with Gasteiger partial charge in [0.25, 0.3) is 5.91 Å². The van der Waals surface area contributed by atoms with Crippen LogP contribution < -0.4 is 4.90 Å². The van der Waals surface area contributed by atoms with Gasteiger partial charge in [-0.3, -0.25) is 9.48 Å². The minimum absolute atomic E-state index is 0.178. The number of nitrogens with zero attached hydrogens (tertiary/aromatic N) is 5. The minimum Gasteiger partial charge on any atom is -0.310 e. The van der Waals surface area contributed by atoms with Gasteiger partial charge in [-0.2, -0.15) is 18.3 Å². The molecule has 0 N–H and O–H groups in total. The molecule has 0 aliphatic carbocycles. The molecule has 9 heteroatoms. The molecular weight excluding hydrogens is 419 g/mol. The van der Waals surface area contributed by atoms with Gasteiger partial charge in [0.15, 0.2) is 5.82 Å². The second kappa shape index (κ2) is 8.07. The van der Waals surface area contributed by atoms with E-state index in [9.17, 15) is 18.0 Å². The molecule has 0 saturated carbocycles. The van der Waals surface area contributed by atoms with Gasteiger partial charge >= 0.3 is 6.18 Å². The lowest BCUT2D eigenvalue weighted by Crippen LogP contribution is -2.29. The van der Waals surface area contributed by atoms with Crippen LogP contribution in [0.4, 0.5) is 18.9 Å². The number of alkyl halides is 3. The van der Waals surface area contributed by atoms with Gasteiger partial charge in [0.05, 0.1) is 11.1 Å². The number of hydrogen-bond donors (Lipinski definition) is 0. The molecule has 0 unspecified atom stereocenters. The lowest BCUT2D eigenvalue weighted by atomic mass is 10.1. The monoisotopic (exact) mass is 439 g/mol. The molecule has 32 heavy (non-hydrogen) atoms. The van der Waals surface area contributed by atoms with E-state index in [0.29, 0.717) is 34.5 Å². The van der Waals surface area contributed by atoms with Crippen molar-refractivity contribution in [2.24, 2.45) is 0 Å². The first kappa shape index (κ1) is 21.5. The summed E-state index contributed by atoms with van der Waals surface area (Å²) in [6, 6.07) is 10.5. The molecule has 0 saturated heterocycles. The van der Waals surface area contributed by atoms with Gasteiger partial charge in [0, 0.05) is 42.6 Å². The number of benzene rings is 2. The summed E-state index contributed by atoms with van der Waals surface area (Å²) < 4.78 is 40.4. The van der Waals surface area contributed by atoms with E-state index in [0.717, 1.165) is 23.4 Å². The van der Waals surface area contributed by atoms with Gasteiger partial charge in [-0.05, 0) is 61.9 Å². The Kier molecular flexibility index (Phi) is 5.41. The van der Waals surface area contributed by atoms with E-state index in [1.54, 1.807) is 41.0 Å². The quantitative estimate of drug-likeness (QED) is 0.443. The van der Waals surface area contributed by atoms with E-state index in [-0.39, 0.29) is 5.91 Å². The van der Waals surface area contributed by atoms with Crippen LogP contribution in [-0.2, 0) is 12.7 Å². The third-order valence-corrected chi connectivity index (χ3v) is 5.26.